The monoisotopic (exact) mass is 215 g/mol. The van der Waals surface area contributed by atoms with Crippen LogP contribution in [0.2, 0.25) is 0 Å². The highest BCUT2D eigenvalue weighted by Crippen LogP contribution is 2.24. The number of fused-ring (bicyclic) bond motifs is 1. The van der Waals surface area contributed by atoms with E-state index in [-0.39, 0.29) is 0 Å². The Balaban J connectivity index is 2.11. The van der Waals surface area contributed by atoms with Crippen LogP contribution in [0, 0.1) is 6.92 Å². The van der Waals surface area contributed by atoms with Gasteiger partial charge in [-0.1, -0.05) is 0 Å². The smallest absolute Gasteiger partial charge is 0.142 e. The van der Waals surface area contributed by atoms with Crippen LogP contribution in [0.5, 0.6) is 0 Å². The third-order valence-corrected chi connectivity index (χ3v) is 3.44. The average molecular weight is 215 g/mol. The summed E-state index contributed by atoms with van der Waals surface area (Å²) in [4.78, 5) is 7.14. The highest BCUT2D eigenvalue weighted by molar-refractivity contribution is 5.81. The van der Waals surface area contributed by atoms with Crippen LogP contribution in [0.25, 0.3) is 11.0 Å². The normalized spacial score (nSPS) is 16.2. The summed E-state index contributed by atoms with van der Waals surface area (Å²) in [6.45, 7) is 4.45. The van der Waals surface area contributed by atoms with Crippen LogP contribution in [0.15, 0.2) is 18.3 Å². The van der Waals surface area contributed by atoms with E-state index >= 15 is 0 Å². The van der Waals surface area contributed by atoms with Crippen LogP contribution >= 0.6 is 0 Å². The highest BCUT2D eigenvalue weighted by Gasteiger charge is 2.14. The maximum absolute atomic E-state index is 4.77. The minimum Gasteiger partial charge on any atom is -0.357 e. The molecule has 0 unspecified atom stereocenters. The molecule has 1 fully saturated rings. The SMILES string of the molecule is Cc1cn(C)c2nc(N3CCCC3)ccc12. The molecule has 3 nitrogen and oxygen atoms in total. The zero-order chi connectivity index (χ0) is 11.1. The lowest BCUT2D eigenvalue weighted by Crippen LogP contribution is -2.18. The minimum atomic E-state index is 1.10. The van der Waals surface area contributed by atoms with Crippen molar-refractivity contribution in [3.63, 3.8) is 0 Å². The number of rotatable bonds is 1. The maximum atomic E-state index is 4.77. The molecule has 0 radical (unpaired) electrons. The topological polar surface area (TPSA) is 21.1 Å². The molecule has 0 N–H and O–H groups in total. The van der Waals surface area contributed by atoms with Crippen molar-refractivity contribution >= 4 is 16.9 Å². The Labute approximate surface area is 95.7 Å². The Morgan fingerprint density at radius 1 is 1.19 bits per heavy atom. The standard InChI is InChI=1S/C13H17N3/c1-10-9-15(2)13-11(10)5-6-12(14-13)16-7-3-4-8-16/h5-6,9H,3-4,7-8H2,1-2H3. The van der Waals surface area contributed by atoms with Gasteiger partial charge in [-0.3, -0.25) is 0 Å². The zero-order valence-electron chi connectivity index (χ0n) is 9.90. The van der Waals surface area contributed by atoms with Gasteiger partial charge in [0, 0.05) is 31.7 Å². The number of hydrogen-bond donors (Lipinski definition) is 0. The van der Waals surface area contributed by atoms with Gasteiger partial charge in [0.25, 0.3) is 0 Å². The van der Waals surface area contributed by atoms with E-state index in [0.29, 0.717) is 0 Å². The molecule has 0 spiro atoms. The van der Waals surface area contributed by atoms with Crippen molar-refractivity contribution in [3.8, 4) is 0 Å². The molecule has 3 rings (SSSR count). The van der Waals surface area contributed by atoms with E-state index in [9.17, 15) is 0 Å². The van der Waals surface area contributed by atoms with Crippen LogP contribution in [0.1, 0.15) is 18.4 Å². The molecule has 3 heteroatoms. The van der Waals surface area contributed by atoms with Gasteiger partial charge in [0.15, 0.2) is 0 Å². The fourth-order valence-corrected chi connectivity index (χ4v) is 2.56. The van der Waals surface area contributed by atoms with E-state index in [1.165, 1.54) is 23.8 Å². The van der Waals surface area contributed by atoms with Gasteiger partial charge in [-0.2, -0.15) is 0 Å². The molecular weight excluding hydrogens is 198 g/mol. The molecule has 0 aromatic carbocycles. The van der Waals surface area contributed by atoms with Gasteiger partial charge in [-0.15, -0.1) is 0 Å². The fourth-order valence-electron chi connectivity index (χ4n) is 2.56. The van der Waals surface area contributed by atoms with E-state index in [0.717, 1.165) is 24.6 Å². The predicted molar refractivity (Wildman–Crippen MR) is 66.9 cm³/mol. The molecular formula is C13H17N3. The molecule has 2 aromatic heterocycles. The summed E-state index contributed by atoms with van der Waals surface area (Å²) in [5.41, 5.74) is 2.40. The molecule has 0 saturated carbocycles. The van der Waals surface area contributed by atoms with E-state index in [1.807, 2.05) is 0 Å². The lowest BCUT2D eigenvalue weighted by atomic mass is 10.2. The number of pyridine rings is 1. The Kier molecular flexibility index (Phi) is 2.13. The Hall–Kier alpha value is -1.51. The van der Waals surface area contributed by atoms with Gasteiger partial charge in [-0.25, -0.2) is 4.98 Å². The molecule has 2 aromatic rings. The predicted octanol–water partition coefficient (Wildman–Crippen LogP) is 2.48. The quantitative estimate of drug-likeness (QED) is 0.728. The van der Waals surface area contributed by atoms with Crippen molar-refractivity contribution < 1.29 is 0 Å². The average Bonchev–Trinajstić information content (AvgIpc) is 2.88. The molecule has 1 aliphatic rings. The van der Waals surface area contributed by atoms with Crippen molar-refractivity contribution in [2.24, 2.45) is 7.05 Å². The van der Waals surface area contributed by atoms with Gasteiger partial charge < -0.3 is 9.47 Å². The number of anilines is 1. The van der Waals surface area contributed by atoms with Gasteiger partial charge in [0.05, 0.1) is 0 Å². The first kappa shape index (κ1) is 9.70. The molecule has 1 aliphatic heterocycles. The van der Waals surface area contributed by atoms with Crippen LogP contribution < -0.4 is 4.90 Å². The number of aromatic nitrogens is 2. The first-order chi connectivity index (χ1) is 7.75. The van der Waals surface area contributed by atoms with Gasteiger partial charge >= 0.3 is 0 Å². The second-order valence-electron chi connectivity index (χ2n) is 4.66. The maximum Gasteiger partial charge on any atom is 0.142 e. The van der Waals surface area contributed by atoms with Crippen LogP contribution in [-0.4, -0.2) is 22.6 Å². The lowest BCUT2D eigenvalue weighted by Gasteiger charge is -2.16. The third kappa shape index (κ3) is 1.39. The van der Waals surface area contributed by atoms with E-state index < -0.39 is 0 Å². The number of aryl methyl sites for hydroxylation is 2. The summed E-state index contributed by atoms with van der Waals surface area (Å²) >= 11 is 0. The Bertz CT molecular complexity index is 521. The van der Waals surface area contributed by atoms with Crippen molar-refractivity contribution in [2.75, 3.05) is 18.0 Å². The summed E-state index contributed by atoms with van der Waals surface area (Å²) in [5, 5.41) is 1.27. The molecule has 0 bridgehead atoms. The van der Waals surface area contributed by atoms with E-state index in [1.54, 1.807) is 0 Å². The van der Waals surface area contributed by atoms with Gasteiger partial charge in [-0.05, 0) is 37.5 Å². The Morgan fingerprint density at radius 3 is 2.69 bits per heavy atom. The molecule has 0 amide bonds. The molecule has 0 aliphatic carbocycles. The van der Waals surface area contributed by atoms with Crippen LogP contribution in [0.3, 0.4) is 0 Å². The third-order valence-electron chi connectivity index (χ3n) is 3.44. The summed E-state index contributed by atoms with van der Waals surface area (Å²) in [7, 11) is 2.07. The van der Waals surface area contributed by atoms with Gasteiger partial charge in [0.2, 0.25) is 0 Å². The van der Waals surface area contributed by atoms with Crippen LogP contribution in [0.4, 0.5) is 5.82 Å². The summed E-state index contributed by atoms with van der Waals surface area (Å²) in [6.07, 6.45) is 4.74. The first-order valence-corrected chi connectivity index (χ1v) is 5.93. The lowest BCUT2D eigenvalue weighted by molar-refractivity contribution is 0.914. The zero-order valence-corrected chi connectivity index (χ0v) is 9.90. The van der Waals surface area contributed by atoms with E-state index in [4.69, 9.17) is 4.98 Å². The summed E-state index contributed by atoms with van der Waals surface area (Å²) in [6, 6.07) is 4.35. The van der Waals surface area contributed by atoms with Crippen molar-refractivity contribution in [2.45, 2.75) is 19.8 Å². The van der Waals surface area contributed by atoms with Gasteiger partial charge in [0.1, 0.15) is 11.5 Å². The van der Waals surface area contributed by atoms with Crippen molar-refractivity contribution in [3.05, 3.63) is 23.9 Å². The summed E-state index contributed by atoms with van der Waals surface area (Å²) in [5.74, 6) is 1.13. The second-order valence-corrected chi connectivity index (χ2v) is 4.66. The largest absolute Gasteiger partial charge is 0.357 e. The van der Waals surface area contributed by atoms with E-state index in [2.05, 4.69) is 41.8 Å². The number of hydrogen-bond acceptors (Lipinski definition) is 2. The van der Waals surface area contributed by atoms with Crippen molar-refractivity contribution in [1.29, 1.82) is 0 Å². The molecule has 1 saturated heterocycles. The summed E-state index contributed by atoms with van der Waals surface area (Å²) < 4.78 is 2.12. The number of nitrogens with zero attached hydrogens (tertiary/aromatic N) is 3. The Morgan fingerprint density at radius 2 is 1.94 bits per heavy atom. The highest BCUT2D eigenvalue weighted by atomic mass is 15.2. The molecule has 84 valence electrons. The van der Waals surface area contributed by atoms with Crippen LogP contribution in [-0.2, 0) is 7.05 Å². The molecule has 3 heterocycles. The molecule has 0 atom stereocenters. The molecule has 16 heavy (non-hydrogen) atoms. The second kappa shape index (κ2) is 3.51. The minimum absolute atomic E-state index is 1.10. The fraction of sp³-hybridized carbons (Fsp3) is 0.462. The van der Waals surface area contributed by atoms with Crippen molar-refractivity contribution in [1.82, 2.24) is 9.55 Å². The first-order valence-electron chi connectivity index (χ1n) is 5.93.